The normalized spacial score (nSPS) is 11.5. The molecule has 0 radical (unpaired) electrons. The highest BCUT2D eigenvalue weighted by Gasteiger charge is 2.15. The van der Waals surface area contributed by atoms with Gasteiger partial charge in [-0.2, -0.15) is 0 Å². The molecule has 2 rings (SSSR count). The number of rotatable bonds is 5. The Morgan fingerprint density at radius 3 is 2.58 bits per heavy atom. The molecule has 0 bridgehead atoms. The van der Waals surface area contributed by atoms with E-state index in [0.717, 1.165) is 32.3 Å². The lowest BCUT2D eigenvalue weighted by Gasteiger charge is -2.04. The van der Waals surface area contributed by atoms with Gasteiger partial charge >= 0.3 is 0 Å². The van der Waals surface area contributed by atoms with Crippen LogP contribution in [-0.4, -0.2) is 40.2 Å². The highest BCUT2D eigenvalue weighted by atomic mass is 32.1. The first kappa shape index (κ1) is 14.4. The standard InChI is InChI=1S/C12H19N5S2/c1-7(2)13-12-16-15-11(19-12)10-8(3)14-9(18-10)6-17(4)5/h7H,6H2,1-5H3,(H,13,16). The van der Waals surface area contributed by atoms with Crippen LogP contribution in [0.3, 0.4) is 0 Å². The highest BCUT2D eigenvalue weighted by molar-refractivity contribution is 7.23. The van der Waals surface area contributed by atoms with Gasteiger partial charge in [-0.3, -0.25) is 0 Å². The molecular weight excluding hydrogens is 278 g/mol. The molecule has 7 heteroatoms. The molecule has 0 aromatic carbocycles. The van der Waals surface area contributed by atoms with Gasteiger partial charge in [-0.05, 0) is 34.9 Å². The Kier molecular flexibility index (Phi) is 4.49. The summed E-state index contributed by atoms with van der Waals surface area (Å²) >= 11 is 3.28. The van der Waals surface area contributed by atoms with E-state index in [2.05, 4.69) is 39.2 Å². The number of nitrogens with one attached hydrogen (secondary N) is 1. The van der Waals surface area contributed by atoms with Crippen LogP contribution < -0.4 is 5.32 Å². The Hall–Kier alpha value is -1.05. The van der Waals surface area contributed by atoms with E-state index in [4.69, 9.17) is 0 Å². The third kappa shape index (κ3) is 3.71. The van der Waals surface area contributed by atoms with Crippen molar-refractivity contribution in [1.82, 2.24) is 20.1 Å². The van der Waals surface area contributed by atoms with E-state index in [0.29, 0.717) is 6.04 Å². The molecule has 19 heavy (non-hydrogen) atoms. The lowest BCUT2D eigenvalue weighted by atomic mass is 10.4. The fourth-order valence-corrected chi connectivity index (χ4v) is 3.80. The van der Waals surface area contributed by atoms with Crippen molar-refractivity contribution >= 4 is 27.8 Å². The summed E-state index contributed by atoms with van der Waals surface area (Å²) in [5.41, 5.74) is 1.04. The van der Waals surface area contributed by atoms with Crippen molar-refractivity contribution in [3.05, 3.63) is 10.7 Å². The van der Waals surface area contributed by atoms with Gasteiger partial charge in [-0.1, -0.05) is 11.3 Å². The van der Waals surface area contributed by atoms with Gasteiger partial charge in [0.1, 0.15) is 5.01 Å². The van der Waals surface area contributed by atoms with Crippen molar-refractivity contribution in [2.45, 2.75) is 33.4 Å². The second-order valence-corrected chi connectivity index (χ2v) is 7.03. The molecule has 0 amide bonds. The zero-order valence-corrected chi connectivity index (χ0v) is 13.5. The Morgan fingerprint density at radius 1 is 1.21 bits per heavy atom. The molecule has 0 unspecified atom stereocenters. The molecule has 0 spiro atoms. The second-order valence-electron chi connectivity index (χ2n) is 4.97. The predicted molar refractivity (Wildman–Crippen MR) is 81.9 cm³/mol. The number of hydrogen-bond acceptors (Lipinski definition) is 7. The molecular formula is C12H19N5S2. The molecule has 0 fully saturated rings. The number of nitrogens with zero attached hydrogens (tertiary/aromatic N) is 4. The Labute approximate surface area is 121 Å². The number of anilines is 1. The van der Waals surface area contributed by atoms with E-state index in [-0.39, 0.29) is 0 Å². The minimum atomic E-state index is 0.368. The Balaban J connectivity index is 2.21. The monoisotopic (exact) mass is 297 g/mol. The summed E-state index contributed by atoms with van der Waals surface area (Å²) in [5, 5.41) is 14.6. The van der Waals surface area contributed by atoms with Gasteiger partial charge in [0.25, 0.3) is 0 Å². The second kappa shape index (κ2) is 5.94. The van der Waals surface area contributed by atoms with Crippen molar-refractivity contribution in [3.63, 3.8) is 0 Å². The summed E-state index contributed by atoms with van der Waals surface area (Å²) in [6.45, 7) is 7.08. The van der Waals surface area contributed by atoms with Gasteiger partial charge in [0.05, 0.1) is 10.6 Å². The largest absolute Gasteiger partial charge is 0.358 e. The molecule has 2 aromatic rings. The average molecular weight is 297 g/mol. The topological polar surface area (TPSA) is 53.9 Å². The Bertz CT molecular complexity index is 544. The quantitative estimate of drug-likeness (QED) is 0.919. The molecule has 2 heterocycles. The summed E-state index contributed by atoms with van der Waals surface area (Å²) in [5.74, 6) is 0. The molecule has 1 N–H and O–H groups in total. The summed E-state index contributed by atoms with van der Waals surface area (Å²) in [6, 6.07) is 0.368. The molecule has 0 saturated heterocycles. The van der Waals surface area contributed by atoms with E-state index < -0.39 is 0 Å². The maximum absolute atomic E-state index is 4.59. The van der Waals surface area contributed by atoms with Crippen molar-refractivity contribution in [2.24, 2.45) is 0 Å². The lowest BCUT2D eigenvalue weighted by molar-refractivity contribution is 0.401. The number of thiazole rings is 1. The summed E-state index contributed by atoms with van der Waals surface area (Å²) in [7, 11) is 4.10. The van der Waals surface area contributed by atoms with E-state index >= 15 is 0 Å². The maximum Gasteiger partial charge on any atom is 0.206 e. The molecule has 0 aliphatic rings. The lowest BCUT2D eigenvalue weighted by Crippen LogP contribution is -2.10. The van der Waals surface area contributed by atoms with Crippen LogP contribution in [0.25, 0.3) is 9.88 Å². The SMILES string of the molecule is Cc1nc(CN(C)C)sc1-c1nnc(NC(C)C)s1. The average Bonchev–Trinajstić information content (AvgIpc) is 2.83. The van der Waals surface area contributed by atoms with Gasteiger partial charge in [0.15, 0.2) is 5.01 Å². The van der Waals surface area contributed by atoms with Crippen molar-refractivity contribution < 1.29 is 0 Å². The van der Waals surface area contributed by atoms with Gasteiger partial charge in [0.2, 0.25) is 5.13 Å². The van der Waals surface area contributed by atoms with E-state index in [1.165, 1.54) is 0 Å². The minimum absolute atomic E-state index is 0.368. The van der Waals surface area contributed by atoms with Crippen LogP contribution in [-0.2, 0) is 6.54 Å². The van der Waals surface area contributed by atoms with Crippen LogP contribution in [0.4, 0.5) is 5.13 Å². The molecule has 104 valence electrons. The van der Waals surface area contributed by atoms with E-state index in [1.54, 1.807) is 22.7 Å². The molecule has 5 nitrogen and oxygen atoms in total. The zero-order valence-electron chi connectivity index (χ0n) is 11.9. The van der Waals surface area contributed by atoms with E-state index in [9.17, 15) is 0 Å². The predicted octanol–water partition coefficient (Wildman–Crippen LogP) is 2.85. The minimum Gasteiger partial charge on any atom is -0.358 e. The van der Waals surface area contributed by atoms with Crippen molar-refractivity contribution in [2.75, 3.05) is 19.4 Å². The fourth-order valence-electron chi connectivity index (χ4n) is 1.61. The highest BCUT2D eigenvalue weighted by Crippen LogP contribution is 2.34. The molecule has 0 saturated carbocycles. The summed E-state index contributed by atoms with van der Waals surface area (Å²) in [4.78, 5) is 7.84. The third-order valence-electron chi connectivity index (χ3n) is 2.32. The first-order chi connectivity index (χ1) is 8.95. The molecule has 0 atom stereocenters. The fraction of sp³-hybridized carbons (Fsp3) is 0.583. The first-order valence-electron chi connectivity index (χ1n) is 6.17. The van der Waals surface area contributed by atoms with Crippen LogP contribution in [0, 0.1) is 6.92 Å². The maximum atomic E-state index is 4.59. The van der Waals surface area contributed by atoms with Crippen LogP contribution in [0.15, 0.2) is 0 Å². The van der Waals surface area contributed by atoms with Gasteiger partial charge in [-0.15, -0.1) is 21.5 Å². The number of aryl methyl sites for hydroxylation is 1. The van der Waals surface area contributed by atoms with Gasteiger partial charge < -0.3 is 10.2 Å². The number of aromatic nitrogens is 3. The van der Waals surface area contributed by atoms with Crippen LogP contribution in [0.1, 0.15) is 24.5 Å². The zero-order chi connectivity index (χ0) is 14.0. The summed E-state index contributed by atoms with van der Waals surface area (Å²) in [6.07, 6.45) is 0. The van der Waals surface area contributed by atoms with Crippen molar-refractivity contribution in [3.8, 4) is 9.88 Å². The summed E-state index contributed by atoms with van der Waals surface area (Å²) < 4.78 is 0. The van der Waals surface area contributed by atoms with Gasteiger partial charge in [-0.25, -0.2) is 4.98 Å². The first-order valence-corrected chi connectivity index (χ1v) is 7.80. The molecule has 0 aliphatic carbocycles. The molecule has 0 aliphatic heterocycles. The smallest absolute Gasteiger partial charge is 0.206 e. The van der Waals surface area contributed by atoms with Crippen LogP contribution >= 0.6 is 22.7 Å². The van der Waals surface area contributed by atoms with Crippen LogP contribution in [0.5, 0.6) is 0 Å². The molecule has 2 aromatic heterocycles. The van der Waals surface area contributed by atoms with E-state index in [1.807, 2.05) is 21.0 Å². The van der Waals surface area contributed by atoms with Gasteiger partial charge in [0, 0.05) is 12.6 Å². The number of hydrogen-bond donors (Lipinski definition) is 1. The van der Waals surface area contributed by atoms with Crippen LogP contribution in [0.2, 0.25) is 0 Å². The Morgan fingerprint density at radius 2 is 1.95 bits per heavy atom. The van der Waals surface area contributed by atoms with Crippen molar-refractivity contribution in [1.29, 1.82) is 0 Å². The third-order valence-corrected chi connectivity index (χ3v) is 4.47.